The fourth-order valence-corrected chi connectivity index (χ4v) is 2.04. The largest absolute Gasteiger partial charge is 0.395 e. The molecule has 2 heterocycles. The number of ether oxygens (including phenoxy) is 1. The molecule has 0 atom stereocenters. The summed E-state index contributed by atoms with van der Waals surface area (Å²) >= 11 is 0. The Hall–Kier alpha value is -1.86. The van der Waals surface area contributed by atoms with E-state index in [0.717, 1.165) is 23.8 Å². The first-order valence-corrected chi connectivity index (χ1v) is 6.72. The average Bonchev–Trinajstić information content (AvgIpc) is 2.91. The van der Waals surface area contributed by atoms with Crippen molar-refractivity contribution in [2.24, 2.45) is 0 Å². The fraction of sp³-hybridized carbons (Fsp3) is 0.538. The third-order valence-electron chi connectivity index (χ3n) is 2.95. The first-order valence-electron chi connectivity index (χ1n) is 6.72. The highest BCUT2D eigenvalue weighted by molar-refractivity contribution is 5.66. The summed E-state index contributed by atoms with van der Waals surface area (Å²) in [6, 6.07) is 0. The number of aliphatic hydroxyl groups is 1. The molecule has 0 aliphatic heterocycles. The quantitative estimate of drug-likeness (QED) is 0.737. The van der Waals surface area contributed by atoms with E-state index in [4.69, 9.17) is 4.74 Å². The Morgan fingerprint density at radius 1 is 1.45 bits per heavy atom. The van der Waals surface area contributed by atoms with E-state index in [1.165, 1.54) is 0 Å². The van der Waals surface area contributed by atoms with Gasteiger partial charge in [0.2, 0.25) is 0 Å². The average molecular weight is 279 g/mol. The van der Waals surface area contributed by atoms with E-state index in [-0.39, 0.29) is 6.61 Å². The number of aliphatic hydroxyl groups excluding tert-OH is 1. The minimum Gasteiger partial charge on any atom is -0.395 e. The molecule has 0 spiro atoms. The highest BCUT2D eigenvalue weighted by Gasteiger charge is 2.14. The zero-order valence-corrected chi connectivity index (χ0v) is 11.9. The molecule has 0 aliphatic rings. The second-order valence-electron chi connectivity index (χ2n) is 4.34. The lowest BCUT2D eigenvalue weighted by atomic mass is 10.4. The maximum Gasteiger partial charge on any atom is 0.180 e. The SMILES string of the molecule is CCNc1cn2ccnc2c(N(CCO)CCOC)n1. The Kier molecular flexibility index (Phi) is 5.14. The minimum absolute atomic E-state index is 0.0592. The van der Waals surface area contributed by atoms with Gasteiger partial charge in [-0.2, -0.15) is 0 Å². The molecule has 2 N–H and O–H groups in total. The lowest BCUT2D eigenvalue weighted by Crippen LogP contribution is -2.31. The van der Waals surface area contributed by atoms with Gasteiger partial charge in [0.05, 0.1) is 19.4 Å². The normalized spacial score (nSPS) is 10.9. The second-order valence-corrected chi connectivity index (χ2v) is 4.34. The number of anilines is 2. The van der Waals surface area contributed by atoms with Crippen LogP contribution in [0.25, 0.3) is 5.65 Å². The number of aromatic nitrogens is 3. The Labute approximate surface area is 118 Å². The van der Waals surface area contributed by atoms with Crippen LogP contribution in [0.3, 0.4) is 0 Å². The number of fused-ring (bicyclic) bond motifs is 1. The molecular weight excluding hydrogens is 258 g/mol. The van der Waals surface area contributed by atoms with Gasteiger partial charge in [-0.1, -0.05) is 0 Å². The van der Waals surface area contributed by atoms with Gasteiger partial charge in [-0.3, -0.25) is 0 Å². The smallest absolute Gasteiger partial charge is 0.180 e. The van der Waals surface area contributed by atoms with E-state index in [1.807, 2.05) is 28.6 Å². The summed E-state index contributed by atoms with van der Waals surface area (Å²) in [6.07, 6.45) is 5.53. The van der Waals surface area contributed by atoms with Gasteiger partial charge < -0.3 is 24.5 Å². The third kappa shape index (κ3) is 3.17. The maximum atomic E-state index is 9.24. The number of methoxy groups -OCH3 is 1. The standard InChI is InChI=1S/C13H21N5O2/c1-3-14-11-10-18-5-4-15-12(18)13(16-11)17(6-8-19)7-9-20-2/h4-5,10,14,19H,3,6-9H2,1-2H3. The predicted octanol–water partition coefficient (Wildman–Crippen LogP) is 0.606. The topological polar surface area (TPSA) is 74.9 Å². The molecule has 0 amide bonds. The first kappa shape index (κ1) is 14.5. The van der Waals surface area contributed by atoms with Crippen LogP contribution in [0.1, 0.15) is 6.92 Å². The molecule has 0 aliphatic carbocycles. The van der Waals surface area contributed by atoms with Crippen LogP contribution in [-0.4, -0.2) is 59.4 Å². The molecule has 0 unspecified atom stereocenters. The van der Waals surface area contributed by atoms with Crippen LogP contribution >= 0.6 is 0 Å². The third-order valence-corrected chi connectivity index (χ3v) is 2.95. The summed E-state index contributed by atoms with van der Waals surface area (Å²) < 4.78 is 7.05. The molecule has 2 rings (SSSR count). The summed E-state index contributed by atoms with van der Waals surface area (Å²) in [5.74, 6) is 1.54. The van der Waals surface area contributed by atoms with Gasteiger partial charge in [-0.25, -0.2) is 9.97 Å². The molecule has 0 bridgehead atoms. The minimum atomic E-state index is 0.0592. The highest BCUT2D eigenvalue weighted by atomic mass is 16.5. The number of nitrogens with zero attached hydrogens (tertiary/aromatic N) is 4. The summed E-state index contributed by atoms with van der Waals surface area (Å²) in [6.45, 7) is 4.60. The van der Waals surface area contributed by atoms with Gasteiger partial charge in [0.25, 0.3) is 0 Å². The van der Waals surface area contributed by atoms with E-state index in [2.05, 4.69) is 15.3 Å². The van der Waals surface area contributed by atoms with E-state index in [9.17, 15) is 5.11 Å². The van der Waals surface area contributed by atoms with E-state index < -0.39 is 0 Å². The van der Waals surface area contributed by atoms with Crippen LogP contribution in [0.4, 0.5) is 11.6 Å². The summed E-state index contributed by atoms with van der Waals surface area (Å²) in [5, 5.41) is 12.4. The molecule has 0 aromatic carbocycles. The number of hydrogen-bond acceptors (Lipinski definition) is 6. The Morgan fingerprint density at radius 2 is 2.30 bits per heavy atom. The Morgan fingerprint density at radius 3 is 3.00 bits per heavy atom. The van der Waals surface area contributed by atoms with Crippen molar-refractivity contribution < 1.29 is 9.84 Å². The molecule has 2 aromatic heterocycles. The van der Waals surface area contributed by atoms with Crippen molar-refractivity contribution in [3.8, 4) is 0 Å². The van der Waals surface area contributed by atoms with Crippen molar-refractivity contribution in [3.63, 3.8) is 0 Å². The van der Waals surface area contributed by atoms with E-state index in [0.29, 0.717) is 19.7 Å². The van der Waals surface area contributed by atoms with Crippen molar-refractivity contribution in [3.05, 3.63) is 18.6 Å². The van der Waals surface area contributed by atoms with Crippen LogP contribution in [0, 0.1) is 0 Å². The highest BCUT2D eigenvalue weighted by Crippen LogP contribution is 2.20. The van der Waals surface area contributed by atoms with Gasteiger partial charge >= 0.3 is 0 Å². The Bertz CT molecular complexity index is 543. The summed E-state index contributed by atoms with van der Waals surface area (Å²) in [7, 11) is 1.66. The van der Waals surface area contributed by atoms with Gasteiger partial charge in [-0.05, 0) is 6.92 Å². The van der Waals surface area contributed by atoms with E-state index in [1.54, 1.807) is 13.3 Å². The van der Waals surface area contributed by atoms with Crippen LogP contribution < -0.4 is 10.2 Å². The number of nitrogens with one attached hydrogen (secondary N) is 1. The molecule has 7 nitrogen and oxygen atoms in total. The monoisotopic (exact) mass is 279 g/mol. The van der Waals surface area contributed by atoms with E-state index >= 15 is 0 Å². The fourth-order valence-electron chi connectivity index (χ4n) is 2.04. The lowest BCUT2D eigenvalue weighted by molar-refractivity contribution is 0.202. The number of hydrogen-bond donors (Lipinski definition) is 2. The molecule has 110 valence electrons. The van der Waals surface area contributed by atoms with Crippen LogP contribution in [-0.2, 0) is 4.74 Å². The van der Waals surface area contributed by atoms with Crippen molar-refractivity contribution in [1.29, 1.82) is 0 Å². The number of rotatable bonds is 8. The zero-order valence-electron chi connectivity index (χ0n) is 11.9. The maximum absolute atomic E-state index is 9.24. The van der Waals surface area contributed by atoms with Gasteiger partial charge in [0.1, 0.15) is 5.82 Å². The van der Waals surface area contributed by atoms with Crippen LogP contribution in [0.15, 0.2) is 18.6 Å². The molecule has 0 fully saturated rings. The zero-order chi connectivity index (χ0) is 14.4. The Balaban J connectivity index is 2.39. The van der Waals surface area contributed by atoms with Crippen LogP contribution in [0.5, 0.6) is 0 Å². The summed E-state index contributed by atoms with van der Waals surface area (Å²) in [5.41, 5.74) is 0.774. The lowest BCUT2D eigenvalue weighted by Gasteiger charge is -2.23. The molecule has 7 heteroatoms. The molecule has 20 heavy (non-hydrogen) atoms. The van der Waals surface area contributed by atoms with Crippen molar-refractivity contribution >= 4 is 17.3 Å². The van der Waals surface area contributed by atoms with Gasteiger partial charge in [-0.15, -0.1) is 0 Å². The van der Waals surface area contributed by atoms with Crippen molar-refractivity contribution in [1.82, 2.24) is 14.4 Å². The second kappa shape index (κ2) is 7.06. The summed E-state index contributed by atoms with van der Waals surface area (Å²) in [4.78, 5) is 10.9. The van der Waals surface area contributed by atoms with Crippen molar-refractivity contribution in [2.75, 3.05) is 50.2 Å². The van der Waals surface area contributed by atoms with Gasteiger partial charge in [0.15, 0.2) is 11.5 Å². The number of imidazole rings is 1. The van der Waals surface area contributed by atoms with Gasteiger partial charge in [0, 0.05) is 39.1 Å². The molecule has 2 aromatic rings. The predicted molar refractivity (Wildman–Crippen MR) is 78.3 cm³/mol. The van der Waals surface area contributed by atoms with Crippen molar-refractivity contribution in [2.45, 2.75) is 6.92 Å². The molecule has 0 radical (unpaired) electrons. The first-order chi connectivity index (χ1) is 9.80. The molecule has 0 saturated carbocycles. The molecular formula is C13H21N5O2. The van der Waals surface area contributed by atoms with Crippen LogP contribution in [0.2, 0.25) is 0 Å². The molecule has 0 saturated heterocycles.